The minimum atomic E-state index is -0.355. The van der Waals surface area contributed by atoms with Crippen molar-refractivity contribution in [2.24, 2.45) is 5.92 Å². The fourth-order valence-electron chi connectivity index (χ4n) is 3.59. The number of anilines is 3. The van der Waals surface area contributed by atoms with Crippen LogP contribution in [0.1, 0.15) is 28.9 Å². The molecule has 2 N–H and O–H groups in total. The lowest BCUT2D eigenvalue weighted by Crippen LogP contribution is -2.43. The Morgan fingerprint density at radius 3 is 2.74 bits per heavy atom. The van der Waals surface area contributed by atoms with Crippen LogP contribution in [-0.4, -0.2) is 34.8 Å². The van der Waals surface area contributed by atoms with Crippen LogP contribution in [0.5, 0.6) is 0 Å². The Bertz CT molecular complexity index is 1080. The number of aromatic nitrogens is 1. The summed E-state index contributed by atoms with van der Waals surface area (Å²) < 4.78 is 13.1. The lowest BCUT2D eigenvalue weighted by Gasteiger charge is -2.31. The maximum atomic E-state index is 13.1. The van der Waals surface area contributed by atoms with Gasteiger partial charge in [-0.3, -0.25) is 9.59 Å². The highest BCUT2D eigenvalue weighted by molar-refractivity contribution is 7.14. The number of nitrogens with one attached hydrogen (secondary N) is 2. The van der Waals surface area contributed by atoms with Crippen molar-refractivity contribution in [2.75, 3.05) is 23.7 Å². The molecule has 2 heterocycles. The standard InChI is InChI=1S/C23H23FN4O2S/c1-15-4-2-6-19(12-15)26-23-27-20(14-31-23)22(30)28-11-3-5-16(13-28)21(29)25-18-9-7-17(24)8-10-18/h2,4,6-10,12,14,16H,3,5,11,13H2,1H3,(H,25,29)(H,26,27). The van der Waals surface area contributed by atoms with E-state index in [-0.39, 0.29) is 23.5 Å². The van der Waals surface area contributed by atoms with Gasteiger partial charge >= 0.3 is 0 Å². The van der Waals surface area contributed by atoms with Crippen molar-refractivity contribution in [3.63, 3.8) is 0 Å². The third-order valence-electron chi connectivity index (χ3n) is 5.18. The van der Waals surface area contributed by atoms with Crippen LogP contribution in [0, 0.1) is 18.7 Å². The van der Waals surface area contributed by atoms with Crippen molar-refractivity contribution in [3.8, 4) is 0 Å². The molecule has 1 fully saturated rings. The van der Waals surface area contributed by atoms with E-state index in [1.54, 1.807) is 10.3 Å². The quantitative estimate of drug-likeness (QED) is 0.599. The van der Waals surface area contributed by atoms with Crippen molar-refractivity contribution in [1.29, 1.82) is 0 Å². The number of thiazole rings is 1. The van der Waals surface area contributed by atoms with Gasteiger partial charge in [0.1, 0.15) is 11.5 Å². The summed E-state index contributed by atoms with van der Waals surface area (Å²) in [7, 11) is 0. The van der Waals surface area contributed by atoms with Crippen LogP contribution >= 0.6 is 11.3 Å². The van der Waals surface area contributed by atoms with E-state index in [4.69, 9.17) is 0 Å². The van der Waals surface area contributed by atoms with Gasteiger partial charge in [-0.15, -0.1) is 11.3 Å². The molecule has 2 aromatic carbocycles. The highest BCUT2D eigenvalue weighted by Crippen LogP contribution is 2.25. The molecule has 1 aliphatic rings. The van der Waals surface area contributed by atoms with Crippen LogP contribution in [0.3, 0.4) is 0 Å². The average molecular weight is 439 g/mol. The molecule has 1 saturated heterocycles. The molecule has 0 saturated carbocycles. The first-order valence-electron chi connectivity index (χ1n) is 10.1. The Kier molecular flexibility index (Phi) is 6.27. The van der Waals surface area contributed by atoms with Gasteiger partial charge in [0.25, 0.3) is 5.91 Å². The number of hydrogen-bond donors (Lipinski definition) is 2. The first-order valence-corrected chi connectivity index (χ1v) is 11.0. The number of carbonyl (C=O) groups is 2. The van der Waals surface area contributed by atoms with Crippen molar-refractivity contribution in [1.82, 2.24) is 9.88 Å². The molecular weight excluding hydrogens is 415 g/mol. The minimum absolute atomic E-state index is 0.163. The molecular formula is C23H23FN4O2S. The van der Waals surface area contributed by atoms with Crippen molar-refractivity contribution < 1.29 is 14.0 Å². The van der Waals surface area contributed by atoms with Crippen LogP contribution in [-0.2, 0) is 4.79 Å². The maximum absolute atomic E-state index is 13.1. The molecule has 0 radical (unpaired) electrons. The lowest BCUT2D eigenvalue weighted by molar-refractivity contribution is -0.121. The SMILES string of the molecule is Cc1cccc(Nc2nc(C(=O)N3CCCC(C(=O)Nc4ccc(F)cc4)C3)cs2)c1. The van der Waals surface area contributed by atoms with Gasteiger partial charge in [0, 0.05) is 29.8 Å². The molecule has 1 unspecified atom stereocenters. The molecule has 1 atom stereocenters. The van der Waals surface area contributed by atoms with Gasteiger partial charge in [0.2, 0.25) is 5.91 Å². The molecule has 6 nitrogen and oxygen atoms in total. The van der Waals surface area contributed by atoms with Crippen LogP contribution in [0.25, 0.3) is 0 Å². The van der Waals surface area contributed by atoms with E-state index in [0.717, 1.165) is 17.7 Å². The van der Waals surface area contributed by atoms with Gasteiger partial charge in [-0.25, -0.2) is 9.37 Å². The Morgan fingerprint density at radius 2 is 1.97 bits per heavy atom. The first-order chi connectivity index (χ1) is 15.0. The summed E-state index contributed by atoms with van der Waals surface area (Å²) in [5.74, 6) is -1.00. The number of halogens is 1. The second-order valence-electron chi connectivity index (χ2n) is 7.62. The fraction of sp³-hybridized carbons (Fsp3) is 0.261. The topological polar surface area (TPSA) is 74.3 Å². The second kappa shape index (κ2) is 9.26. The summed E-state index contributed by atoms with van der Waals surface area (Å²) >= 11 is 1.37. The molecule has 1 aliphatic heterocycles. The monoisotopic (exact) mass is 438 g/mol. The van der Waals surface area contributed by atoms with Crippen LogP contribution < -0.4 is 10.6 Å². The summed E-state index contributed by atoms with van der Waals surface area (Å²) in [6.45, 7) is 2.95. The summed E-state index contributed by atoms with van der Waals surface area (Å²) in [5.41, 5.74) is 2.97. The Labute approximate surface area is 184 Å². The third kappa shape index (κ3) is 5.27. The van der Waals surface area contributed by atoms with E-state index in [0.29, 0.717) is 36.0 Å². The largest absolute Gasteiger partial charge is 0.336 e. The average Bonchev–Trinajstić information content (AvgIpc) is 3.23. The molecule has 31 heavy (non-hydrogen) atoms. The number of aryl methyl sites for hydroxylation is 1. The van der Waals surface area contributed by atoms with Gasteiger partial charge < -0.3 is 15.5 Å². The first kappa shape index (κ1) is 21.0. The van der Waals surface area contributed by atoms with Gasteiger partial charge in [0.15, 0.2) is 5.13 Å². The molecule has 4 rings (SSSR count). The maximum Gasteiger partial charge on any atom is 0.273 e. The predicted octanol–water partition coefficient (Wildman–Crippen LogP) is 4.83. The van der Waals surface area contributed by atoms with E-state index in [1.165, 1.54) is 35.6 Å². The summed E-state index contributed by atoms with van der Waals surface area (Å²) in [5, 5.41) is 8.42. The zero-order chi connectivity index (χ0) is 21.8. The Morgan fingerprint density at radius 1 is 1.16 bits per heavy atom. The molecule has 0 aliphatic carbocycles. The van der Waals surface area contributed by atoms with Gasteiger partial charge in [-0.05, 0) is 61.7 Å². The van der Waals surface area contributed by atoms with Gasteiger partial charge in [0.05, 0.1) is 5.92 Å². The van der Waals surface area contributed by atoms with Crippen LogP contribution in [0.4, 0.5) is 20.9 Å². The van der Waals surface area contributed by atoms with E-state index < -0.39 is 0 Å². The molecule has 0 bridgehead atoms. The lowest BCUT2D eigenvalue weighted by atomic mass is 9.96. The van der Waals surface area contributed by atoms with Crippen LogP contribution in [0.15, 0.2) is 53.9 Å². The smallest absolute Gasteiger partial charge is 0.273 e. The third-order valence-corrected chi connectivity index (χ3v) is 5.94. The molecule has 160 valence electrons. The molecule has 2 amide bonds. The normalized spacial score (nSPS) is 16.1. The van der Waals surface area contributed by atoms with Crippen molar-refractivity contribution in [2.45, 2.75) is 19.8 Å². The Balaban J connectivity index is 1.38. The van der Waals surface area contributed by atoms with E-state index >= 15 is 0 Å². The predicted molar refractivity (Wildman–Crippen MR) is 120 cm³/mol. The highest BCUT2D eigenvalue weighted by atomic mass is 32.1. The number of nitrogens with zero attached hydrogens (tertiary/aromatic N) is 2. The number of piperidine rings is 1. The molecule has 0 spiro atoms. The summed E-state index contributed by atoms with van der Waals surface area (Å²) in [6, 6.07) is 13.6. The number of benzene rings is 2. The molecule has 3 aromatic rings. The van der Waals surface area contributed by atoms with Crippen LogP contribution in [0.2, 0.25) is 0 Å². The Hall–Kier alpha value is -3.26. The molecule has 8 heteroatoms. The summed E-state index contributed by atoms with van der Waals surface area (Å²) in [6.07, 6.45) is 1.44. The molecule has 1 aromatic heterocycles. The zero-order valence-corrected chi connectivity index (χ0v) is 17.9. The second-order valence-corrected chi connectivity index (χ2v) is 8.48. The van der Waals surface area contributed by atoms with E-state index in [1.807, 2.05) is 31.2 Å². The number of carbonyl (C=O) groups excluding carboxylic acids is 2. The minimum Gasteiger partial charge on any atom is -0.336 e. The van der Waals surface area contributed by atoms with Crippen molar-refractivity contribution in [3.05, 3.63) is 71.0 Å². The zero-order valence-electron chi connectivity index (χ0n) is 17.1. The highest BCUT2D eigenvalue weighted by Gasteiger charge is 2.30. The number of rotatable bonds is 5. The fourth-order valence-corrected chi connectivity index (χ4v) is 4.30. The summed E-state index contributed by atoms with van der Waals surface area (Å²) in [4.78, 5) is 31.7. The van der Waals surface area contributed by atoms with Gasteiger partial charge in [-0.1, -0.05) is 12.1 Å². The number of hydrogen-bond acceptors (Lipinski definition) is 5. The number of amides is 2. The number of likely N-dealkylation sites (tertiary alicyclic amines) is 1. The van der Waals surface area contributed by atoms with E-state index in [9.17, 15) is 14.0 Å². The van der Waals surface area contributed by atoms with Gasteiger partial charge in [-0.2, -0.15) is 0 Å². The van der Waals surface area contributed by atoms with Crippen molar-refractivity contribution >= 4 is 39.7 Å². The van der Waals surface area contributed by atoms with E-state index in [2.05, 4.69) is 15.6 Å².